The van der Waals surface area contributed by atoms with E-state index in [1.807, 2.05) is 20.8 Å². The monoisotopic (exact) mass is 534 g/mol. The van der Waals surface area contributed by atoms with Crippen LogP contribution in [0.2, 0.25) is 0 Å². The molecule has 12 nitrogen and oxygen atoms in total. The number of aromatic carboxylic acids is 1. The van der Waals surface area contributed by atoms with Crippen molar-refractivity contribution in [2.75, 3.05) is 19.0 Å². The molecule has 0 saturated heterocycles. The van der Waals surface area contributed by atoms with Gasteiger partial charge in [-0.2, -0.15) is 0 Å². The van der Waals surface area contributed by atoms with Crippen LogP contribution in [0.15, 0.2) is 48.5 Å². The molecule has 2 aromatic heterocycles. The molecular weight excluding hydrogens is 504 g/mol. The number of aromatic nitrogens is 2. The maximum atomic E-state index is 13.2. The Labute approximate surface area is 224 Å². The van der Waals surface area contributed by atoms with E-state index in [2.05, 4.69) is 20.6 Å². The molecule has 0 unspecified atom stereocenters. The second-order valence-corrected chi connectivity index (χ2v) is 9.67. The number of carbonyl (C=O) groups excluding carboxylic acids is 2. The summed E-state index contributed by atoms with van der Waals surface area (Å²) in [7, 11) is 1.37. The predicted octanol–water partition coefficient (Wildman–Crippen LogP) is 2.52. The highest BCUT2D eigenvalue weighted by Gasteiger charge is 2.28. The number of rotatable bonds is 9. The van der Waals surface area contributed by atoms with E-state index in [-0.39, 0.29) is 40.8 Å². The first-order valence-corrected chi connectivity index (χ1v) is 11.8. The van der Waals surface area contributed by atoms with E-state index in [9.17, 15) is 24.6 Å². The summed E-state index contributed by atoms with van der Waals surface area (Å²) < 4.78 is 5.16. The first kappa shape index (κ1) is 28.7. The number of methoxy groups -OCH3 is 1. The third-order valence-corrected chi connectivity index (χ3v) is 5.90. The van der Waals surface area contributed by atoms with Crippen LogP contribution in [0.5, 0.6) is 5.88 Å². The van der Waals surface area contributed by atoms with Gasteiger partial charge in [0.2, 0.25) is 5.88 Å². The number of amides is 2. The van der Waals surface area contributed by atoms with Gasteiger partial charge in [0, 0.05) is 28.4 Å². The zero-order valence-electron chi connectivity index (χ0n) is 21.9. The minimum absolute atomic E-state index is 0.0563. The van der Waals surface area contributed by atoms with Crippen molar-refractivity contribution in [3.63, 3.8) is 0 Å². The molecule has 0 spiro atoms. The molecule has 0 aliphatic heterocycles. The molecule has 1 atom stereocenters. The maximum absolute atomic E-state index is 13.2. The summed E-state index contributed by atoms with van der Waals surface area (Å²) in [5.41, 5.74) is 5.31. The number of carboxylic acid groups (broad SMARTS) is 1. The number of hydrogen-bond acceptors (Lipinski definition) is 8. The Bertz CT molecular complexity index is 1420. The lowest BCUT2D eigenvalue weighted by molar-refractivity contribution is 0.0690. The lowest BCUT2D eigenvalue weighted by atomic mass is 9.87. The highest BCUT2D eigenvalue weighted by atomic mass is 16.5. The minimum Gasteiger partial charge on any atom is -0.481 e. The van der Waals surface area contributed by atoms with E-state index in [0.717, 1.165) is 0 Å². The molecule has 3 rings (SSSR count). The molecule has 1 aromatic carbocycles. The van der Waals surface area contributed by atoms with Gasteiger partial charge in [0.15, 0.2) is 5.69 Å². The molecule has 0 bridgehead atoms. The number of benzene rings is 1. The smallest absolute Gasteiger partial charge is 0.355 e. The van der Waals surface area contributed by atoms with E-state index in [0.29, 0.717) is 11.3 Å². The number of amidine groups is 1. The van der Waals surface area contributed by atoms with Gasteiger partial charge in [-0.15, -0.1) is 0 Å². The number of carboxylic acids is 1. The number of nitrogen functional groups attached to an aromatic ring is 1. The van der Waals surface area contributed by atoms with Gasteiger partial charge in [-0.05, 0) is 47.9 Å². The number of nitrogens with zero attached hydrogens (tertiary/aromatic N) is 2. The zero-order valence-corrected chi connectivity index (χ0v) is 21.9. The van der Waals surface area contributed by atoms with Gasteiger partial charge in [0.05, 0.1) is 19.8 Å². The Balaban J connectivity index is 2.02. The molecule has 0 fully saturated rings. The molecule has 0 aliphatic carbocycles. The fraction of sp³-hybridized carbons (Fsp3) is 0.259. The molecule has 3 aromatic rings. The molecule has 2 heterocycles. The molecule has 12 heteroatoms. The van der Waals surface area contributed by atoms with Crippen molar-refractivity contribution in [3.05, 3.63) is 71.2 Å². The summed E-state index contributed by atoms with van der Waals surface area (Å²) in [6, 6.07) is 11.3. The molecule has 0 radical (unpaired) electrons. The minimum atomic E-state index is -1.42. The Hall–Kier alpha value is -4.84. The Morgan fingerprint density at radius 3 is 2.13 bits per heavy atom. The topological polar surface area (TPSA) is 201 Å². The average molecular weight is 535 g/mol. The first-order valence-electron chi connectivity index (χ1n) is 11.8. The quantitative estimate of drug-likeness (QED) is 0.176. The third-order valence-electron chi connectivity index (χ3n) is 5.90. The number of pyridine rings is 2. The average Bonchev–Trinajstić information content (AvgIpc) is 2.90. The molecule has 7 N–H and O–H groups in total. The Morgan fingerprint density at radius 2 is 1.59 bits per heavy atom. The lowest BCUT2D eigenvalue weighted by Gasteiger charge is -2.29. The van der Waals surface area contributed by atoms with Crippen LogP contribution in [0.4, 0.5) is 5.69 Å². The van der Waals surface area contributed by atoms with Crippen molar-refractivity contribution in [2.45, 2.75) is 26.8 Å². The summed E-state index contributed by atoms with van der Waals surface area (Å²) in [4.78, 5) is 46.5. The summed E-state index contributed by atoms with van der Waals surface area (Å²) in [6.07, 6.45) is 0. The van der Waals surface area contributed by atoms with Gasteiger partial charge >= 0.3 is 5.97 Å². The van der Waals surface area contributed by atoms with Gasteiger partial charge in [-0.25, -0.2) is 14.8 Å². The number of nitrogens with one attached hydrogen (secondary N) is 3. The van der Waals surface area contributed by atoms with Crippen LogP contribution in [0.3, 0.4) is 0 Å². The SMILES string of the molecule is COc1ccc(-c2ccc(C(=O)N[C@H](CO)C(C)(C)C)nc2C(=O)O)c(C(=O)Nc2ccc(C(=N)N)cc2)n1. The summed E-state index contributed by atoms with van der Waals surface area (Å²) in [5.74, 6) is -2.74. The third kappa shape index (κ3) is 6.73. The van der Waals surface area contributed by atoms with Crippen LogP contribution in [0.1, 0.15) is 57.8 Å². The van der Waals surface area contributed by atoms with Crippen molar-refractivity contribution in [2.24, 2.45) is 11.1 Å². The lowest BCUT2D eigenvalue weighted by Crippen LogP contribution is -2.46. The van der Waals surface area contributed by atoms with E-state index in [1.165, 1.54) is 31.4 Å². The van der Waals surface area contributed by atoms with E-state index < -0.39 is 34.9 Å². The van der Waals surface area contributed by atoms with Gasteiger partial charge in [0.1, 0.15) is 17.2 Å². The summed E-state index contributed by atoms with van der Waals surface area (Å²) >= 11 is 0. The van der Waals surface area contributed by atoms with Gasteiger partial charge < -0.3 is 31.3 Å². The molecule has 0 aliphatic rings. The van der Waals surface area contributed by atoms with Crippen molar-refractivity contribution in [1.82, 2.24) is 15.3 Å². The van der Waals surface area contributed by atoms with Crippen molar-refractivity contribution in [1.29, 1.82) is 5.41 Å². The number of aliphatic hydroxyl groups excluding tert-OH is 1. The van der Waals surface area contributed by atoms with Crippen LogP contribution in [0, 0.1) is 10.8 Å². The van der Waals surface area contributed by atoms with Crippen molar-refractivity contribution in [3.8, 4) is 17.0 Å². The van der Waals surface area contributed by atoms with E-state index in [4.69, 9.17) is 15.9 Å². The maximum Gasteiger partial charge on any atom is 0.355 e. The second-order valence-electron chi connectivity index (χ2n) is 9.67. The molecule has 204 valence electrons. The van der Waals surface area contributed by atoms with Crippen LogP contribution in [-0.4, -0.2) is 63.6 Å². The zero-order chi connectivity index (χ0) is 28.9. The molecule has 2 amide bonds. The van der Waals surface area contributed by atoms with Crippen LogP contribution < -0.4 is 21.1 Å². The molecule has 0 saturated carbocycles. The molecular formula is C27H30N6O6. The highest BCUT2D eigenvalue weighted by molar-refractivity contribution is 6.09. The van der Waals surface area contributed by atoms with Gasteiger partial charge in [-0.1, -0.05) is 20.8 Å². The van der Waals surface area contributed by atoms with Crippen LogP contribution >= 0.6 is 0 Å². The van der Waals surface area contributed by atoms with Crippen LogP contribution in [-0.2, 0) is 0 Å². The van der Waals surface area contributed by atoms with Crippen molar-refractivity contribution >= 4 is 29.3 Å². The number of anilines is 1. The Kier molecular flexibility index (Phi) is 8.61. The number of aliphatic hydroxyl groups is 1. The second kappa shape index (κ2) is 11.7. The normalized spacial score (nSPS) is 11.8. The van der Waals surface area contributed by atoms with E-state index >= 15 is 0 Å². The van der Waals surface area contributed by atoms with Gasteiger partial charge in [0.25, 0.3) is 11.8 Å². The predicted molar refractivity (Wildman–Crippen MR) is 144 cm³/mol. The number of ether oxygens (including phenoxy) is 1. The van der Waals surface area contributed by atoms with Crippen LogP contribution in [0.25, 0.3) is 11.1 Å². The highest BCUT2D eigenvalue weighted by Crippen LogP contribution is 2.29. The summed E-state index contributed by atoms with van der Waals surface area (Å²) in [6.45, 7) is 5.21. The van der Waals surface area contributed by atoms with Gasteiger partial charge in [-0.3, -0.25) is 15.0 Å². The fourth-order valence-electron chi connectivity index (χ4n) is 3.60. The standard InChI is InChI=1S/C27H30N6O6/c1-27(2,3)19(13-34)32-24(35)18-11-9-17(22(31-18)26(37)38)16-10-12-20(39-4)33-21(16)25(36)30-15-7-5-14(6-8-15)23(28)29/h5-12,19,34H,13H2,1-4H3,(H3,28,29)(H,30,36)(H,32,35)(H,37,38)/t19-/m1/s1. The van der Waals surface area contributed by atoms with Crippen molar-refractivity contribution < 1.29 is 29.3 Å². The van der Waals surface area contributed by atoms with E-state index in [1.54, 1.807) is 24.3 Å². The number of hydrogen-bond donors (Lipinski definition) is 6. The molecule has 39 heavy (non-hydrogen) atoms. The first-order chi connectivity index (χ1) is 18.3. The summed E-state index contributed by atoms with van der Waals surface area (Å²) in [5, 5.41) is 32.4. The Morgan fingerprint density at radius 1 is 0.974 bits per heavy atom. The number of carbonyl (C=O) groups is 3. The largest absolute Gasteiger partial charge is 0.481 e. The fourth-order valence-corrected chi connectivity index (χ4v) is 3.60. The number of nitrogens with two attached hydrogens (primary N) is 1.